The van der Waals surface area contributed by atoms with Crippen LogP contribution in [-0.4, -0.2) is 62.7 Å². The van der Waals surface area contributed by atoms with Crippen molar-refractivity contribution in [2.45, 2.75) is 19.5 Å². The first-order valence-electron chi connectivity index (χ1n) is 8.58. The molecule has 1 amide bonds. The molecule has 1 N–H and O–H groups in total. The number of aromatic carboxylic acids is 1. The summed E-state index contributed by atoms with van der Waals surface area (Å²) in [7, 11) is 0. The quantitative estimate of drug-likeness (QED) is 0.841. The van der Waals surface area contributed by atoms with Crippen LogP contribution in [0, 0.1) is 5.82 Å². The average Bonchev–Trinajstić information content (AvgIpc) is 3.13. The van der Waals surface area contributed by atoms with Gasteiger partial charge in [0, 0.05) is 43.9 Å². The molecule has 0 spiro atoms. The number of carbonyl (C=O) groups excluding carboxylic acids is 1. The fraction of sp³-hybridized carbons (Fsp3) is 0.389. The highest BCUT2D eigenvalue weighted by molar-refractivity contribution is 6.31. The van der Waals surface area contributed by atoms with Crippen molar-refractivity contribution in [1.82, 2.24) is 19.6 Å². The number of rotatable bonds is 5. The molecule has 9 heteroatoms. The number of hydrogen-bond acceptors (Lipinski definition) is 4. The predicted octanol–water partition coefficient (Wildman–Crippen LogP) is 2.28. The number of carbonyl (C=O) groups is 2. The van der Waals surface area contributed by atoms with Crippen LogP contribution in [0.25, 0.3) is 0 Å². The summed E-state index contributed by atoms with van der Waals surface area (Å²) in [6.45, 7) is 4.57. The molecule has 0 saturated carbocycles. The zero-order valence-corrected chi connectivity index (χ0v) is 15.6. The minimum atomic E-state index is -1.12. The van der Waals surface area contributed by atoms with Gasteiger partial charge in [-0.3, -0.25) is 9.69 Å². The van der Waals surface area contributed by atoms with Crippen LogP contribution in [0.15, 0.2) is 30.5 Å². The summed E-state index contributed by atoms with van der Waals surface area (Å²) >= 11 is 6.08. The summed E-state index contributed by atoms with van der Waals surface area (Å²) < 4.78 is 14.4. The van der Waals surface area contributed by atoms with Gasteiger partial charge in [-0.05, 0) is 30.7 Å². The maximum atomic E-state index is 13.2. The molecule has 1 unspecified atom stereocenters. The fourth-order valence-corrected chi connectivity index (χ4v) is 3.41. The molecule has 144 valence electrons. The van der Waals surface area contributed by atoms with Crippen molar-refractivity contribution >= 4 is 23.5 Å². The Bertz CT molecular complexity index is 849. The topological polar surface area (TPSA) is 78.7 Å². The van der Waals surface area contributed by atoms with Gasteiger partial charge in [-0.15, -0.1) is 0 Å². The van der Waals surface area contributed by atoms with E-state index in [9.17, 15) is 19.1 Å². The Morgan fingerprint density at radius 2 is 1.96 bits per heavy atom. The second kappa shape index (κ2) is 8.06. The van der Waals surface area contributed by atoms with Crippen LogP contribution in [-0.2, 0) is 11.3 Å². The molecule has 0 aliphatic carbocycles. The Kier molecular flexibility index (Phi) is 5.76. The lowest BCUT2D eigenvalue weighted by molar-refractivity contribution is -0.136. The van der Waals surface area contributed by atoms with Crippen LogP contribution in [0.2, 0.25) is 5.02 Å². The molecule has 2 heterocycles. The van der Waals surface area contributed by atoms with Gasteiger partial charge in [0.05, 0.1) is 0 Å². The molecule has 1 fully saturated rings. The number of carboxylic acids is 1. The van der Waals surface area contributed by atoms with Crippen LogP contribution < -0.4 is 0 Å². The minimum absolute atomic E-state index is 0.0135. The van der Waals surface area contributed by atoms with Gasteiger partial charge in [0.2, 0.25) is 5.91 Å². The highest BCUT2D eigenvalue weighted by Crippen LogP contribution is 2.20. The Hall–Kier alpha value is -2.45. The van der Waals surface area contributed by atoms with E-state index in [2.05, 4.69) is 10.00 Å². The lowest BCUT2D eigenvalue weighted by Crippen LogP contribution is -2.50. The van der Waals surface area contributed by atoms with Crippen molar-refractivity contribution in [3.63, 3.8) is 0 Å². The van der Waals surface area contributed by atoms with Crippen molar-refractivity contribution in [3.05, 3.63) is 52.6 Å². The predicted molar refractivity (Wildman–Crippen MR) is 97.2 cm³/mol. The Labute approximate surface area is 160 Å². The summed E-state index contributed by atoms with van der Waals surface area (Å²) in [6.07, 6.45) is 1.37. The highest BCUT2D eigenvalue weighted by Gasteiger charge is 2.28. The molecule has 1 aromatic heterocycles. The van der Waals surface area contributed by atoms with Gasteiger partial charge in [0.1, 0.15) is 17.6 Å². The maximum Gasteiger partial charge on any atom is 0.354 e. The normalized spacial score (nSPS) is 16.3. The Morgan fingerprint density at radius 3 is 2.59 bits per heavy atom. The van der Waals surface area contributed by atoms with Crippen LogP contribution >= 0.6 is 11.6 Å². The fourth-order valence-electron chi connectivity index (χ4n) is 3.18. The monoisotopic (exact) mass is 394 g/mol. The van der Waals surface area contributed by atoms with Crippen LogP contribution in [0.4, 0.5) is 4.39 Å². The van der Waals surface area contributed by atoms with Crippen molar-refractivity contribution in [2.24, 2.45) is 0 Å². The number of halogens is 2. The SMILES string of the molecule is CC(C(=O)N1CCN(Cc2ccc(F)cc2Cl)CC1)n1nccc1C(=O)O. The number of nitrogens with zero attached hydrogens (tertiary/aromatic N) is 4. The first-order chi connectivity index (χ1) is 12.9. The number of aromatic nitrogens is 2. The van der Waals surface area contributed by atoms with E-state index >= 15 is 0 Å². The molecule has 0 bridgehead atoms. The summed E-state index contributed by atoms with van der Waals surface area (Å²) in [5.41, 5.74) is 0.828. The van der Waals surface area contributed by atoms with Crippen molar-refractivity contribution in [1.29, 1.82) is 0 Å². The zero-order chi connectivity index (χ0) is 19.6. The first-order valence-corrected chi connectivity index (χ1v) is 8.96. The van der Waals surface area contributed by atoms with E-state index in [4.69, 9.17) is 11.6 Å². The van der Waals surface area contributed by atoms with Gasteiger partial charge in [0.25, 0.3) is 0 Å². The van der Waals surface area contributed by atoms with Crippen LogP contribution in [0.1, 0.15) is 29.0 Å². The summed E-state index contributed by atoms with van der Waals surface area (Å²) in [5, 5.41) is 13.5. The molecule has 1 aromatic carbocycles. The Morgan fingerprint density at radius 1 is 1.26 bits per heavy atom. The van der Waals surface area contributed by atoms with Crippen molar-refractivity contribution in [2.75, 3.05) is 26.2 Å². The Balaban J connectivity index is 1.59. The lowest BCUT2D eigenvalue weighted by atomic mass is 10.2. The molecule has 3 rings (SSSR count). The molecule has 7 nitrogen and oxygen atoms in total. The summed E-state index contributed by atoms with van der Waals surface area (Å²) in [5.74, 6) is -1.65. The van der Waals surface area contributed by atoms with Crippen LogP contribution in [0.5, 0.6) is 0 Å². The van der Waals surface area contributed by atoms with Gasteiger partial charge in [-0.1, -0.05) is 17.7 Å². The maximum absolute atomic E-state index is 13.2. The second-order valence-corrected chi connectivity index (χ2v) is 6.89. The molecule has 1 atom stereocenters. The third kappa shape index (κ3) is 4.28. The van der Waals surface area contributed by atoms with Crippen LogP contribution in [0.3, 0.4) is 0 Å². The molecule has 2 aromatic rings. The number of amides is 1. The standard InChI is InChI=1S/C18H20ClFN4O3/c1-12(24-16(18(26)27)4-5-21-24)17(25)23-8-6-22(7-9-23)11-13-2-3-14(20)10-15(13)19/h2-5,10,12H,6-9,11H2,1H3,(H,26,27). The smallest absolute Gasteiger partial charge is 0.354 e. The van der Waals surface area contributed by atoms with E-state index in [1.807, 2.05) is 0 Å². The number of carboxylic acid groups (broad SMARTS) is 1. The lowest BCUT2D eigenvalue weighted by Gasteiger charge is -2.36. The number of benzene rings is 1. The highest BCUT2D eigenvalue weighted by atomic mass is 35.5. The average molecular weight is 395 g/mol. The summed E-state index contributed by atoms with van der Waals surface area (Å²) in [4.78, 5) is 27.8. The molecule has 1 aliphatic rings. The van der Waals surface area contributed by atoms with Gasteiger partial charge >= 0.3 is 5.97 Å². The molecular weight excluding hydrogens is 375 g/mol. The van der Waals surface area contributed by atoms with Gasteiger partial charge in [0.15, 0.2) is 0 Å². The first kappa shape index (κ1) is 19.3. The summed E-state index contributed by atoms with van der Waals surface area (Å²) in [6, 6.07) is 5.03. The third-order valence-electron chi connectivity index (χ3n) is 4.71. The second-order valence-electron chi connectivity index (χ2n) is 6.48. The largest absolute Gasteiger partial charge is 0.477 e. The minimum Gasteiger partial charge on any atom is -0.477 e. The third-order valence-corrected chi connectivity index (χ3v) is 5.06. The number of hydrogen-bond donors (Lipinski definition) is 1. The zero-order valence-electron chi connectivity index (χ0n) is 14.8. The van der Waals surface area contributed by atoms with Crippen molar-refractivity contribution in [3.8, 4) is 0 Å². The molecule has 1 saturated heterocycles. The molecule has 27 heavy (non-hydrogen) atoms. The molecular formula is C18H20ClFN4O3. The van der Waals surface area contributed by atoms with E-state index in [0.717, 1.165) is 5.56 Å². The van der Waals surface area contributed by atoms with E-state index in [1.54, 1.807) is 17.9 Å². The van der Waals surface area contributed by atoms with Crippen molar-refractivity contribution < 1.29 is 19.1 Å². The van der Waals surface area contributed by atoms with Gasteiger partial charge in [-0.25, -0.2) is 13.9 Å². The molecule has 0 radical (unpaired) electrons. The molecule has 1 aliphatic heterocycles. The van der Waals surface area contributed by atoms with E-state index in [1.165, 1.54) is 29.1 Å². The van der Waals surface area contributed by atoms with E-state index in [0.29, 0.717) is 37.7 Å². The van der Waals surface area contributed by atoms with Gasteiger partial charge < -0.3 is 10.0 Å². The number of piperazine rings is 1. The van der Waals surface area contributed by atoms with E-state index < -0.39 is 12.0 Å². The van der Waals surface area contributed by atoms with E-state index in [-0.39, 0.29) is 17.4 Å². The van der Waals surface area contributed by atoms with Gasteiger partial charge in [-0.2, -0.15) is 5.10 Å².